The molecule has 1 aromatic carbocycles. The first-order valence-electron chi connectivity index (χ1n) is 5.78. The fourth-order valence-corrected chi connectivity index (χ4v) is 1.56. The summed E-state index contributed by atoms with van der Waals surface area (Å²) in [4.78, 5) is 0. The number of benzene rings is 1. The third kappa shape index (κ3) is 4.36. The maximum Gasteiger partial charge on any atom is 0.461 e. The average molecular weight is 280 g/mol. The quantitative estimate of drug-likeness (QED) is 0.755. The molecular weight excluding hydrogens is 264 g/mol. The van der Waals surface area contributed by atoms with Gasteiger partial charge in [-0.05, 0) is 25.5 Å². The highest BCUT2D eigenvalue weighted by atomic mass is 19.3. The molecule has 0 heterocycles. The molecule has 108 valence electrons. The van der Waals surface area contributed by atoms with Crippen LogP contribution in [-0.4, -0.2) is 19.1 Å². The van der Waals surface area contributed by atoms with Gasteiger partial charge in [-0.15, -0.1) is 0 Å². The van der Waals surface area contributed by atoms with Gasteiger partial charge in [-0.3, -0.25) is 0 Å². The summed E-state index contributed by atoms with van der Waals surface area (Å²) in [7, 11) is 0. The molecule has 0 fully saturated rings. The molecule has 1 atom stereocenters. The Morgan fingerprint density at radius 3 is 2.42 bits per heavy atom. The van der Waals surface area contributed by atoms with Crippen LogP contribution >= 0.6 is 0 Å². The Hall–Kier alpha value is -1.34. The summed E-state index contributed by atoms with van der Waals surface area (Å²) >= 11 is 0. The molecule has 0 unspecified atom stereocenters. The lowest BCUT2D eigenvalue weighted by Gasteiger charge is -2.21. The van der Waals surface area contributed by atoms with E-state index in [4.69, 9.17) is 11.5 Å². The molecule has 0 bridgehead atoms. The molecule has 1 aromatic rings. The molecule has 1 rings (SSSR count). The molecule has 0 aliphatic rings. The zero-order valence-corrected chi connectivity index (χ0v) is 10.2. The van der Waals surface area contributed by atoms with Crippen LogP contribution in [0.1, 0.15) is 24.4 Å². The van der Waals surface area contributed by atoms with Crippen molar-refractivity contribution in [2.45, 2.75) is 31.4 Å². The number of rotatable bonds is 7. The predicted molar refractivity (Wildman–Crippen MR) is 63.2 cm³/mol. The molecule has 7 heteroatoms. The number of hydrogen-bond donors (Lipinski definition) is 2. The van der Waals surface area contributed by atoms with Crippen LogP contribution in [0.5, 0.6) is 5.75 Å². The first-order valence-corrected chi connectivity index (χ1v) is 5.78. The van der Waals surface area contributed by atoms with Crippen LogP contribution in [0.3, 0.4) is 0 Å². The molecule has 3 nitrogen and oxygen atoms in total. The minimum Gasteiger partial charge on any atom is -0.428 e. The number of ether oxygens (including phenoxy) is 1. The second kappa shape index (κ2) is 6.72. The van der Waals surface area contributed by atoms with Crippen LogP contribution in [0, 0.1) is 0 Å². The van der Waals surface area contributed by atoms with Crippen LogP contribution < -0.4 is 16.2 Å². The van der Waals surface area contributed by atoms with Crippen LogP contribution in [0.15, 0.2) is 24.3 Å². The van der Waals surface area contributed by atoms with Crippen molar-refractivity contribution in [2.75, 3.05) is 6.54 Å². The molecular formula is C12H16F4N2O. The fourth-order valence-electron chi connectivity index (χ4n) is 1.56. The van der Waals surface area contributed by atoms with Gasteiger partial charge in [0.2, 0.25) is 0 Å². The topological polar surface area (TPSA) is 61.3 Å². The smallest absolute Gasteiger partial charge is 0.428 e. The van der Waals surface area contributed by atoms with Gasteiger partial charge >= 0.3 is 12.5 Å². The molecule has 0 saturated carbocycles. The highest BCUT2D eigenvalue weighted by Gasteiger charge is 2.44. The van der Waals surface area contributed by atoms with Crippen LogP contribution in [0.2, 0.25) is 0 Å². The summed E-state index contributed by atoms with van der Waals surface area (Å²) in [5.41, 5.74) is 11.4. The summed E-state index contributed by atoms with van der Waals surface area (Å²) in [6, 6.07) is 5.06. The summed E-state index contributed by atoms with van der Waals surface area (Å²) in [6.45, 7) is 0.407. The van der Waals surface area contributed by atoms with E-state index in [0.717, 1.165) is 0 Å². The Balaban J connectivity index is 2.90. The van der Waals surface area contributed by atoms with Crippen molar-refractivity contribution in [2.24, 2.45) is 11.5 Å². The summed E-state index contributed by atoms with van der Waals surface area (Å²) in [5.74, 6) is -0.336. The largest absolute Gasteiger partial charge is 0.461 e. The van der Waals surface area contributed by atoms with Crippen molar-refractivity contribution in [1.29, 1.82) is 0 Å². The third-order valence-corrected chi connectivity index (χ3v) is 2.54. The molecule has 0 aromatic heterocycles. The molecule has 0 aliphatic carbocycles. The van der Waals surface area contributed by atoms with Crippen LogP contribution in [0.25, 0.3) is 0 Å². The molecule has 4 N–H and O–H groups in total. The Bertz CT molecular complexity index is 401. The maximum absolute atomic E-state index is 12.9. The second-order valence-corrected chi connectivity index (χ2v) is 4.04. The minimum absolute atomic E-state index is 0.260. The van der Waals surface area contributed by atoms with E-state index >= 15 is 0 Å². The predicted octanol–water partition coefficient (Wildman–Crippen LogP) is 2.66. The van der Waals surface area contributed by atoms with Gasteiger partial charge in [-0.2, -0.15) is 17.6 Å². The fraction of sp³-hybridized carbons (Fsp3) is 0.500. The number of nitrogens with two attached hydrogens (primary N) is 2. The highest BCUT2D eigenvalue weighted by molar-refractivity contribution is 5.36. The molecule has 0 radical (unpaired) electrons. The van der Waals surface area contributed by atoms with Gasteiger partial charge < -0.3 is 16.2 Å². The van der Waals surface area contributed by atoms with E-state index < -0.39 is 18.6 Å². The first-order chi connectivity index (χ1) is 8.88. The van der Waals surface area contributed by atoms with E-state index in [9.17, 15) is 17.6 Å². The molecule has 0 saturated heterocycles. The number of halogens is 4. The van der Waals surface area contributed by atoms with Gasteiger partial charge in [0.25, 0.3) is 0 Å². The SMILES string of the molecule is NCCC[C@H](N)c1ccccc1OC(F)(F)C(F)F. The zero-order valence-electron chi connectivity index (χ0n) is 10.2. The summed E-state index contributed by atoms with van der Waals surface area (Å²) in [6.07, 6.45) is -7.39. The van der Waals surface area contributed by atoms with Crippen molar-refractivity contribution in [1.82, 2.24) is 0 Å². The Kier molecular flexibility index (Phi) is 5.56. The number of alkyl halides is 4. The van der Waals surface area contributed by atoms with Crippen molar-refractivity contribution in [3.63, 3.8) is 0 Å². The van der Waals surface area contributed by atoms with Gasteiger partial charge in [0.05, 0.1) is 0 Å². The number of hydrogen-bond acceptors (Lipinski definition) is 3. The Morgan fingerprint density at radius 2 is 1.84 bits per heavy atom. The third-order valence-electron chi connectivity index (χ3n) is 2.54. The lowest BCUT2D eigenvalue weighted by Crippen LogP contribution is -2.34. The van der Waals surface area contributed by atoms with E-state index in [2.05, 4.69) is 4.74 Å². The highest BCUT2D eigenvalue weighted by Crippen LogP contribution is 2.32. The van der Waals surface area contributed by atoms with Crippen LogP contribution in [0.4, 0.5) is 17.6 Å². The van der Waals surface area contributed by atoms with Crippen molar-refractivity contribution >= 4 is 0 Å². The minimum atomic E-state index is -4.54. The van der Waals surface area contributed by atoms with E-state index in [1.807, 2.05) is 0 Å². The van der Waals surface area contributed by atoms with E-state index in [1.165, 1.54) is 18.2 Å². The number of para-hydroxylation sites is 1. The lowest BCUT2D eigenvalue weighted by atomic mass is 10.0. The Morgan fingerprint density at radius 1 is 1.21 bits per heavy atom. The van der Waals surface area contributed by atoms with E-state index in [-0.39, 0.29) is 11.3 Å². The summed E-state index contributed by atoms with van der Waals surface area (Å²) < 4.78 is 54.1. The van der Waals surface area contributed by atoms with Gasteiger partial charge in [0.15, 0.2) is 0 Å². The van der Waals surface area contributed by atoms with Gasteiger partial charge in [0.1, 0.15) is 5.75 Å². The average Bonchev–Trinajstić information content (AvgIpc) is 2.36. The van der Waals surface area contributed by atoms with Gasteiger partial charge in [-0.1, -0.05) is 18.2 Å². The maximum atomic E-state index is 12.9. The second-order valence-electron chi connectivity index (χ2n) is 4.04. The van der Waals surface area contributed by atoms with Crippen molar-refractivity contribution < 1.29 is 22.3 Å². The zero-order chi connectivity index (χ0) is 14.5. The first kappa shape index (κ1) is 15.7. The molecule has 0 amide bonds. The molecule has 19 heavy (non-hydrogen) atoms. The van der Waals surface area contributed by atoms with E-state index in [1.54, 1.807) is 6.07 Å². The molecule has 0 spiro atoms. The Labute approximate surface area is 108 Å². The van der Waals surface area contributed by atoms with Crippen molar-refractivity contribution in [3.8, 4) is 5.75 Å². The van der Waals surface area contributed by atoms with Gasteiger partial charge in [0, 0.05) is 11.6 Å². The van der Waals surface area contributed by atoms with Gasteiger partial charge in [-0.25, -0.2) is 0 Å². The van der Waals surface area contributed by atoms with Crippen molar-refractivity contribution in [3.05, 3.63) is 29.8 Å². The summed E-state index contributed by atoms with van der Waals surface area (Å²) in [5, 5.41) is 0. The van der Waals surface area contributed by atoms with Crippen LogP contribution in [-0.2, 0) is 0 Å². The standard InChI is InChI=1S/C12H16F4N2O/c13-11(14)12(15,16)19-10-6-2-1-4-8(10)9(18)5-3-7-17/h1-2,4,6,9,11H,3,5,7,17-18H2/t9-/m0/s1. The lowest BCUT2D eigenvalue weighted by molar-refractivity contribution is -0.253. The molecule has 0 aliphatic heterocycles. The normalized spacial score (nSPS) is 13.6. The monoisotopic (exact) mass is 280 g/mol. The van der Waals surface area contributed by atoms with E-state index in [0.29, 0.717) is 19.4 Å².